The molecule has 0 saturated heterocycles. The molecule has 0 aromatic heterocycles. The van der Waals surface area contributed by atoms with Gasteiger partial charge >= 0.3 is 122 Å². The van der Waals surface area contributed by atoms with E-state index in [1.807, 2.05) is 0 Å². The first-order valence-corrected chi connectivity index (χ1v) is 4.85. The molecule has 0 aromatic carbocycles. The van der Waals surface area contributed by atoms with Crippen molar-refractivity contribution >= 4 is 16.6 Å². The van der Waals surface area contributed by atoms with Crippen LogP contribution in [0.15, 0.2) is 0 Å². The largest absolute Gasteiger partial charge is 1.00 e. The summed E-state index contributed by atoms with van der Waals surface area (Å²) < 4.78 is 25.2. The van der Waals surface area contributed by atoms with Crippen LogP contribution in [0, 0.1) is 0 Å². The van der Waals surface area contributed by atoms with Gasteiger partial charge in [-0.25, -0.2) is 0 Å². The van der Waals surface area contributed by atoms with Gasteiger partial charge in [-0.1, -0.05) is 0 Å². The van der Waals surface area contributed by atoms with Gasteiger partial charge in [-0.15, -0.1) is 0 Å². The Hall–Kier alpha value is 1.33. The van der Waals surface area contributed by atoms with Gasteiger partial charge in [0.15, 0.2) is 0 Å². The van der Waals surface area contributed by atoms with E-state index in [1.165, 1.54) is 0 Å². The molecular formula is C8H20AlNaO5. The topological polar surface area (TPSA) is 46.2 Å². The fraction of sp³-hybridized carbons (Fsp3) is 1.00. The van der Waals surface area contributed by atoms with Crippen LogP contribution in [0.3, 0.4) is 0 Å². The molecular weight excluding hydrogens is 226 g/mol. The minimum Gasteiger partial charge on any atom is -1.00 e. The Balaban J connectivity index is -0.000000141. The fourth-order valence-electron chi connectivity index (χ4n) is 0.749. The van der Waals surface area contributed by atoms with Crippen LogP contribution in [-0.2, 0) is 22.7 Å². The molecule has 0 rings (SSSR count). The average molecular weight is 246 g/mol. The molecule has 0 aromatic rings. The first-order valence-electron chi connectivity index (χ1n) is 4.38. The first kappa shape index (κ1) is 18.7. The van der Waals surface area contributed by atoms with Gasteiger partial charge in [-0.3, -0.25) is 0 Å². The van der Waals surface area contributed by atoms with Gasteiger partial charge in [0.1, 0.15) is 0 Å². The van der Waals surface area contributed by atoms with Crippen LogP contribution in [0.2, 0.25) is 0 Å². The number of rotatable bonds is 10. The second kappa shape index (κ2) is 15.3. The Morgan fingerprint density at radius 1 is 1.00 bits per heavy atom. The summed E-state index contributed by atoms with van der Waals surface area (Å²) in [6.07, 6.45) is -0.363. The predicted octanol–water partition coefficient (Wildman–Crippen LogP) is -2.92. The van der Waals surface area contributed by atoms with E-state index in [1.54, 1.807) is 14.2 Å². The van der Waals surface area contributed by atoms with E-state index in [0.717, 1.165) is 0 Å². The van der Waals surface area contributed by atoms with Crippen LogP contribution in [0.5, 0.6) is 0 Å². The standard InChI is InChI=1S/C8H17O5.Al.Na.3H/c1-10-3-5-12-8(7-9)13-6-4-11-2;;;;;/h8H,3-7H2,1-2H3;;;;;/q-1;+3;+1;3*-1. The molecule has 0 aliphatic rings. The Labute approximate surface area is 126 Å². The maximum absolute atomic E-state index is 5.33. The van der Waals surface area contributed by atoms with E-state index in [4.69, 9.17) is 22.7 Å². The summed E-state index contributed by atoms with van der Waals surface area (Å²) >= 11 is 2.16. The van der Waals surface area contributed by atoms with Gasteiger partial charge in [0.2, 0.25) is 0 Å². The monoisotopic (exact) mass is 246 g/mol. The van der Waals surface area contributed by atoms with Crippen molar-refractivity contribution < 1.29 is 56.6 Å². The molecule has 7 heteroatoms. The zero-order valence-electron chi connectivity index (χ0n) is 12.7. The second-order valence-corrected chi connectivity index (χ2v) is 2.82. The molecule has 0 unspecified atom stereocenters. The third-order valence-corrected chi connectivity index (χ3v) is 1.61. The van der Waals surface area contributed by atoms with Crippen molar-refractivity contribution in [2.24, 2.45) is 0 Å². The molecule has 0 fully saturated rings. The van der Waals surface area contributed by atoms with Crippen molar-refractivity contribution in [3.05, 3.63) is 0 Å². The predicted molar refractivity (Wildman–Crippen MR) is 54.5 cm³/mol. The van der Waals surface area contributed by atoms with Gasteiger partial charge in [0, 0.05) is 0 Å². The van der Waals surface area contributed by atoms with Crippen LogP contribution in [0.4, 0.5) is 0 Å². The van der Waals surface area contributed by atoms with Gasteiger partial charge in [-0.2, -0.15) is 0 Å². The molecule has 0 spiro atoms. The zero-order valence-corrected chi connectivity index (χ0v) is 12.9. The van der Waals surface area contributed by atoms with Crippen molar-refractivity contribution in [2.45, 2.75) is 6.29 Å². The smallest absolute Gasteiger partial charge is 1.00 e. The molecule has 0 saturated carbocycles. The molecule has 0 atom stereocenters. The maximum Gasteiger partial charge on any atom is 1.00 e. The van der Waals surface area contributed by atoms with Crippen molar-refractivity contribution in [3.8, 4) is 0 Å². The van der Waals surface area contributed by atoms with Crippen molar-refractivity contribution in [3.63, 3.8) is 0 Å². The molecule has 0 amide bonds. The minimum absolute atomic E-state index is 0. The summed E-state index contributed by atoms with van der Waals surface area (Å²) in [7, 11) is 3.24. The summed E-state index contributed by atoms with van der Waals surface area (Å²) in [5, 5.41) is 0. The summed E-state index contributed by atoms with van der Waals surface area (Å²) in [6, 6.07) is 0. The SMILES string of the molecule is COCCOC(C[O][Al+2])OCCOC.[H-].[H-].[H-].[Na+]. The van der Waals surface area contributed by atoms with Crippen LogP contribution in [-0.4, -0.2) is 70.2 Å². The summed E-state index contributed by atoms with van der Waals surface area (Å²) in [4.78, 5) is 0. The van der Waals surface area contributed by atoms with E-state index >= 15 is 0 Å². The van der Waals surface area contributed by atoms with Crippen LogP contribution in [0.1, 0.15) is 4.28 Å². The molecule has 0 aliphatic carbocycles. The van der Waals surface area contributed by atoms with Crippen molar-refractivity contribution in [1.29, 1.82) is 0 Å². The molecule has 0 aliphatic heterocycles. The normalized spacial score (nSPS) is 10.5. The quantitative estimate of drug-likeness (QED) is 0.235. The molecule has 15 heavy (non-hydrogen) atoms. The molecule has 0 heterocycles. The fourth-order valence-corrected chi connectivity index (χ4v) is 0.906. The molecule has 0 bridgehead atoms. The Bertz CT molecular complexity index is 121. The summed E-state index contributed by atoms with van der Waals surface area (Å²) in [5.41, 5.74) is 0. The Morgan fingerprint density at radius 3 is 1.80 bits per heavy atom. The van der Waals surface area contributed by atoms with Crippen molar-refractivity contribution in [2.75, 3.05) is 47.3 Å². The maximum atomic E-state index is 5.33. The Kier molecular flexibility index (Phi) is 19.1. The Morgan fingerprint density at radius 2 is 1.47 bits per heavy atom. The number of ether oxygens (including phenoxy) is 4. The van der Waals surface area contributed by atoms with Crippen LogP contribution in [0.25, 0.3) is 0 Å². The van der Waals surface area contributed by atoms with Gasteiger partial charge in [-0.05, 0) is 0 Å². The van der Waals surface area contributed by atoms with E-state index in [9.17, 15) is 0 Å². The zero-order chi connectivity index (χ0) is 10.6. The third-order valence-electron chi connectivity index (χ3n) is 1.41. The van der Waals surface area contributed by atoms with Gasteiger partial charge < -0.3 is 4.28 Å². The van der Waals surface area contributed by atoms with Gasteiger partial charge in [0.05, 0.1) is 0 Å². The van der Waals surface area contributed by atoms with Gasteiger partial charge in [0.25, 0.3) is 0 Å². The van der Waals surface area contributed by atoms with Crippen LogP contribution >= 0.6 is 0 Å². The van der Waals surface area contributed by atoms with E-state index in [2.05, 4.69) is 16.6 Å². The van der Waals surface area contributed by atoms with E-state index in [0.29, 0.717) is 33.0 Å². The van der Waals surface area contributed by atoms with E-state index < -0.39 is 0 Å². The average Bonchev–Trinajstić information content (AvgIpc) is 2.18. The summed E-state index contributed by atoms with van der Waals surface area (Å²) in [5.74, 6) is 0. The number of hydrogen-bond acceptors (Lipinski definition) is 5. The van der Waals surface area contributed by atoms with Crippen LogP contribution < -0.4 is 29.6 Å². The molecule has 0 N–H and O–H groups in total. The summed E-state index contributed by atoms with van der Waals surface area (Å²) in [6.45, 7) is 2.43. The number of methoxy groups -OCH3 is 2. The molecule has 86 valence electrons. The second-order valence-electron chi connectivity index (χ2n) is 2.49. The third kappa shape index (κ3) is 13.3. The van der Waals surface area contributed by atoms with Crippen molar-refractivity contribution in [1.82, 2.24) is 0 Å². The first-order chi connectivity index (χ1) is 6.85. The molecule has 5 nitrogen and oxygen atoms in total. The van der Waals surface area contributed by atoms with E-state index in [-0.39, 0.29) is 40.1 Å². The molecule has 0 radical (unpaired) electrons. The minimum atomic E-state index is -0.363. The number of hydrogen-bond donors (Lipinski definition) is 0.